The SMILES string of the molecule is N[C@@H]1CCCC[C@H]1NS(=O)(=O)c1cccc2c(S(=O)(=O)N[C@@H]3CCCC[C@H]3N)cccc12. The molecule has 0 heterocycles. The first-order valence-corrected chi connectivity index (χ1v) is 14.2. The summed E-state index contributed by atoms with van der Waals surface area (Å²) in [6.45, 7) is 0. The van der Waals surface area contributed by atoms with Crippen LogP contribution in [-0.2, 0) is 20.0 Å². The monoisotopic (exact) mass is 480 g/mol. The molecule has 2 aromatic rings. The summed E-state index contributed by atoms with van der Waals surface area (Å²) in [7, 11) is -7.77. The highest BCUT2D eigenvalue weighted by atomic mass is 32.2. The molecule has 0 saturated heterocycles. The zero-order chi connectivity index (χ0) is 22.9. The van der Waals surface area contributed by atoms with E-state index in [2.05, 4.69) is 9.44 Å². The minimum atomic E-state index is -3.88. The molecule has 2 saturated carbocycles. The number of benzene rings is 2. The number of fused-ring (bicyclic) bond motifs is 1. The standard InChI is InChI=1S/C22H32N4O4S2/c23-17-9-1-3-11-19(17)25-31(27,28)21-13-5-8-16-15(21)7-6-14-22(16)32(29,30)26-20-12-4-2-10-18(20)24/h5-8,13-14,17-20,25-26H,1-4,9-12,23-24H2/t17-,18-,19-,20-/m1/s1. The van der Waals surface area contributed by atoms with Crippen molar-refractivity contribution in [1.29, 1.82) is 0 Å². The van der Waals surface area contributed by atoms with Crippen molar-refractivity contribution in [2.75, 3.05) is 0 Å². The van der Waals surface area contributed by atoms with Crippen molar-refractivity contribution in [3.05, 3.63) is 36.4 Å². The summed E-state index contributed by atoms with van der Waals surface area (Å²) in [6.07, 6.45) is 6.77. The van der Waals surface area contributed by atoms with Gasteiger partial charge in [-0.2, -0.15) is 0 Å². The Hall–Kier alpha value is -1.56. The van der Waals surface area contributed by atoms with E-state index in [0.29, 0.717) is 23.6 Å². The van der Waals surface area contributed by atoms with Gasteiger partial charge in [-0.25, -0.2) is 26.3 Å². The van der Waals surface area contributed by atoms with Crippen LogP contribution in [-0.4, -0.2) is 41.0 Å². The largest absolute Gasteiger partial charge is 0.326 e. The van der Waals surface area contributed by atoms with E-state index >= 15 is 0 Å². The molecule has 0 unspecified atom stereocenters. The van der Waals surface area contributed by atoms with Crippen LogP contribution in [0, 0.1) is 0 Å². The highest BCUT2D eigenvalue weighted by molar-refractivity contribution is 7.90. The van der Waals surface area contributed by atoms with Crippen LogP contribution in [0.1, 0.15) is 51.4 Å². The van der Waals surface area contributed by atoms with E-state index in [0.717, 1.165) is 38.5 Å². The molecule has 0 bridgehead atoms. The summed E-state index contributed by atoms with van der Waals surface area (Å²) in [5, 5.41) is 0.723. The zero-order valence-corrected chi connectivity index (χ0v) is 19.7. The number of hydrogen-bond acceptors (Lipinski definition) is 6. The third-order valence-electron chi connectivity index (χ3n) is 6.67. The summed E-state index contributed by atoms with van der Waals surface area (Å²) in [5.74, 6) is 0. The Morgan fingerprint density at radius 2 is 1.00 bits per heavy atom. The molecule has 2 aromatic carbocycles. The Morgan fingerprint density at radius 1 is 0.625 bits per heavy atom. The van der Waals surface area contributed by atoms with Crippen LogP contribution >= 0.6 is 0 Å². The average Bonchev–Trinajstić information content (AvgIpc) is 2.76. The van der Waals surface area contributed by atoms with Gasteiger partial charge in [0.05, 0.1) is 9.79 Å². The van der Waals surface area contributed by atoms with Gasteiger partial charge in [0.15, 0.2) is 0 Å². The molecule has 2 aliphatic carbocycles. The lowest BCUT2D eigenvalue weighted by Gasteiger charge is -2.29. The number of nitrogens with two attached hydrogens (primary N) is 2. The van der Waals surface area contributed by atoms with E-state index in [1.807, 2.05) is 0 Å². The fourth-order valence-electron chi connectivity index (χ4n) is 4.86. The van der Waals surface area contributed by atoms with Gasteiger partial charge in [-0.15, -0.1) is 0 Å². The maximum absolute atomic E-state index is 13.2. The molecule has 176 valence electrons. The molecule has 32 heavy (non-hydrogen) atoms. The summed E-state index contributed by atoms with van der Waals surface area (Å²) >= 11 is 0. The van der Waals surface area contributed by atoms with Crippen LogP contribution in [0.3, 0.4) is 0 Å². The highest BCUT2D eigenvalue weighted by Crippen LogP contribution is 2.30. The molecule has 2 aliphatic rings. The molecule has 2 fully saturated rings. The van der Waals surface area contributed by atoms with E-state index in [1.54, 1.807) is 24.3 Å². The van der Waals surface area contributed by atoms with Crippen molar-refractivity contribution < 1.29 is 16.8 Å². The Kier molecular flexibility index (Phi) is 6.90. The van der Waals surface area contributed by atoms with Crippen molar-refractivity contribution in [3.63, 3.8) is 0 Å². The summed E-state index contributed by atoms with van der Waals surface area (Å²) in [6, 6.07) is 8.30. The normalized spacial score (nSPS) is 27.4. The van der Waals surface area contributed by atoms with Gasteiger partial charge < -0.3 is 11.5 Å². The van der Waals surface area contributed by atoms with Gasteiger partial charge in [-0.05, 0) is 37.8 Å². The van der Waals surface area contributed by atoms with Crippen molar-refractivity contribution in [3.8, 4) is 0 Å². The van der Waals surface area contributed by atoms with Gasteiger partial charge in [0.25, 0.3) is 0 Å². The topological polar surface area (TPSA) is 144 Å². The predicted octanol–water partition coefficient (Wildman–Crippen LogP) is 1.94. The summed E-state index contributed by atoms with van der Waals surface area (Å²) in [5.41, 5.74) is 12.3. The molecule has 4 atom stereocenters. The van der Waals surface area contributed by atoms with Crippen LogP contribution in [0.4, 0.5) is 0 Å². The first kappa shape index (κ1) is 23.6. The van der Waals surface area contributed by atoms with Crippen LogP contribution < -0.4 is 20.9 Å². The van der Waals surface area contributed by atoms with Gasteiger partial charge in [-0.1, -0.05) is 49.9 Å². The van der Waals surface area contributed by atoms with Crippen molar-refractivity contribution in [2.45, 2.75) is 85.3 Å². The zero-order valence-electron chi connectivity index (χ0n) is 18.0. The van der Waals surface area contributed by atoms with Gasteiger partial charge in [0.2, 0.25) is 20.0 Å². The second-order valence-corrected chi connectivity index (χ2v) is 12.3. The lowest BCUT2D eigenvalue weighted by atomic mass is 9.92. The van der Waals surface area contributed by atoms with Crippen LogP contribution in [0.5, 0.6) is 0 Å². The minimum absolute atomic E-state index is 0.0548. The Balaban J connectivity index is 1.69. The van der Waals surface area contributed by atoms with E-state index in [1.165, 1.54) is 12.1 Å². The van der Waals surface area contributed by atoms with Crippen molar-refractivity contribution in [2.24, 2.45) is 11.5 Å². The van der Waals surface area contributed by atoms with Crippen LogP contribution in [0.25, 0.3) is 10.8 Å². The third kappa shape index (κ3) is 4.85. The quantitative estimate of drug-likeness (QED) is 0.497. The molecule has 0 spiro atoms. The maximum Gasteiger partial charge on any atom is 0.241 e. The fraction of sp³-hybridized carbons (Fsp3) is 0.545. The first-order valence-electron chi connectivity index (χ1n) is 11.3. The fourth-order valence-corrected chi connectivity index (χ4v) is 7.95. The third-order valence-corrected chi connectivity index (χ3v) is 9.77. The van der Waals surface area contributed by atoms with Gasteiger partial charge in [0.1, 0.15) is 0 Å². The molecule has 10 heteroatoms. The second-order valence-electron chi connectivity index (χ2n) is 8.96. The lowest BCUT2D eigenvalue weighted by Crippen LogP contribution is -2.49. The Morgan fingerprint density at radius 3 is 1.38 bits per heavy atom. The van der Waals surface area contributed by atoms with Crippen LogP contribution in [0.2, 0.25) is 0 Å². The molecule has 4 rings (SSSR count). The predicted molar refractivity (Wildman–Crippen MR) is 125 cm³/mol. The van der Waals surface area contributed by atoms with Gasteiger partial charge >= 0.3 is 0 Å². The lowest BCUT2D eigenvalue weighted by molar-refractivity contribution is 0.361. The van der Waals surface area contributed by atoms with Crippen LogP contribution in [0.15, 0.2) is 46.2 Å². The second kappa shape index (κ2) is 9.36. The Labute approximate surface area is 190 Å². The van der Waals surface area contributed by atoms with E-state index in [4.69, 9.17) is 11.5 Å². The molecular formula is C22H32N4O4S2. The Bertz CT molecular complexity index is 1090. The first-order chi connectivity index (χ1) is 15.2. The smallest absolute Gasteiger partial charge is 0.241 e. The molecule has 8 nitrogen and oxygen atoms in total. The number of nitrogens with one attached hydrogen (secondary N) is 2. The summed E-state index contributed by atoms with van der Waals surface area (Å²) < 4.78 is 58.4. The number of hydrogen-bond donors (Lipinski definition) is 4. The van der Waals surface area contributed by atoms with E-state index < -0.39 is 20.0 Å². The molecule has 0 radical (unpaired) electrons. The molecule has 0 amide bonds. The number of rotatable bonds is 6. The average molecular weight is 481 g/mol. The minimum Gasteiger partial charge on any atom is -0.326 e. The molecular weight excluding hydrogens is 448 g/mol. The highest BCUT2D eigenvalue weighted by Gasteiger charge is 2.30. The van der Waals surface area contributed by atoms with Crippen molar-refractivity contribution >= 4 is 30.8 Å². The van der Waals surface area contributed by atoms with E-state index in [-0.39, 0.29) is 34.0 Å². The maximum atomic E-state index is 13.2. The summed E-state index contributed by atoms with van der Waals surface area (Å²) in [4.78, 5) is 0.110. The molecule has 6 N–H and O–H groups in total. The van der Waals surface area contributed by atoms with Crippen molar-refractivity contribution in [1.82, 2.24) is 9.44 Å². The van der Waals surface area contributed by atoms with E-state index in [9.17, 15) is 16.8 Å². The molecule has 0 aliphatic heterocycles. The number of sulfonamides is 2. The van der Waals surface area contributed by atoms with Gasteiger partial charge in [0, 0.05) is 34.9 Å². The van der Waals surface area contributed by atoms with Gasteiger partial charge in [-0.3, -0.25) is 0 Å². The molecule has 0 aromatic heterocycles.